The van der Waals surface area contributed by atoms with Gasteiger partial charge in [0, 0.05) is 23.0 Å². The fraction of sp³-hybridized carbons (Fsp3) is 0. The number of benzene rings is 2. The first kappa shape index (κ1) is 16.8. The highest BCUT2D eigenvalue weighted by Gasteiger charge is 2.22. The molecule has 28 heavy (non-hydrogen) atoms. The molecule has 0 radical (unpaired) electrons. The molecular formula is C18H12N6O2S2. The van der Waals surface area contributed by atoms with E-state index in [2.05, 4.69) is 30.5 Å². The molecular weight excluding hydrogens is 396 g/mol. The van der Waals surface area contributed by atoms with Gasteiger partial charge >= 0.3 is 0 Å². The molecule has 0 atom stereocenters. The Hall–Kier alpha value is -3.37. The van der Waals surface area contributed by atoms with Crippen LogP contribution in [0.4, 0.5) is 11.4 Å². The van der Waals surface area contributed by atoms with E-state index in [1.165, 1.54) is 12.4 Å². The first-order chi connectivity index (χ1) is 13.6. The van der Waals surface area contributed by atoms with E-state index in [1.807, 2.05) is 18.2 Å². The fourth-order valence-corrected chi connectivity index (χ4v) is 4.68. The Labute approximate surface area is 163 Å². The highest BCUT2D eigenvalue weighted by Crippen LogP contribution is 2.30. The number of fused-ring (bicyclic) bond motifs is 2. The molecule has 5 aromatic rings. The maximum atomic E-state index is 12.7. The number of nitrogens with one attached hydrogen (secondary N) is 2. The second-order valence-electron chi connectivity index (χ2n) is 5.98. The number of hydrogen-bond acceptors (Lipinski definition) is 8. The number of aromatic amines is 1. The van der Waals surface area contributed by atoms with E-state index in [1.54, 1.807) is 41.2 Å². The largest absolute Gasteiger partial charge is 0.355 e. The van der Waals surface area contributed by atoms with Crippen LogP contribution in [0.2, 0.25) is 0 Å². The molecule has 0 fully saturated rings. The molecule has 0 unspecified atom stereocenters. The molecule has 0 aliphatic rings. The fourth-order valence-electron chi connectivity index (χ4n) is 2.92. The van der Waals surface area contributed by atoms with Crippen LogP contribution < -0.4 is 5.32 Å². The summed E-state index contributed by atoms with van der Waals surface area (Å²) >= 11 is 1.58. The number of pyridine rings is 1. The zero-order valence-corrected chi connectivity index (χ0v) is 15.8. The minimum atomic E-state index is -3.82. The van der Waals surface area contributed by atoms with Crippen molar-refractivity contribution in [1.29, 1.82) is 0 Å². The van der Waals surface area contributed by atoms with E-state index in [0.29, 0.717) is 10.9 Å². The van der Waals surface area contributed by atoms with Gasteiger partial charge in [-0.2, -0.15) is 0 Å². The Morgan fingerprint density at radius 3 is 2.75 bits per heavy atom. The van der Waals surface area contributed by atoms with Crippen molar-refractivity contribution in [2.45, 2.75) is 10.1 Å². The summed E-state index contributed by atoms with van der Waals surface area (Å²) < 4.78 is 26.6. The molecule has 2 N–H and O–H groups in total. The molecule has 2 aromatic carbocycles. The van der Waals surface area contributed by atoms with Crippen LogP contribution in [-0.2, 0) is 9.84 Å². The Kier molecular flexibility index (Phi) is 3.81. The summed E-state index contributed by atoms with van der Waals surface area (Å²) in [6.45, 7) is 0. The molecule has 0 bridgehead atoms. The zero-order chi connectivity index (χ0) is 19.1. The zero-order valence-electron chi connectivity index (χ0n) is 14.2. The third kappa shape index (κ3) is 2.79. The van der Waals surface area contributed by atoms with Gasteiger partial charge in [-0.05, 0) is 42.5 Å². The number of hydrogen-bond donors (Lipinski definition) is 2. The highest BCUT2D eigenvalue weighted by atomic mass is 32.2. The number of thiazole rings is 1. The van der Waals surface area contributed by atoms with Crippen molar-refractivity contribution in [2.75, 3.05) is 5.32 Å². The van der Waals surface area contributed by atoms with E-state index in [0.717, 1.165) is 21.6 Å². The van der Waals surface area contributed by atoms with E-state index in [9.17, 15) is 8.42 Å². The van der Waals surface area contributed by atoms with Crippen LogP contribution >= 0.6 is 11.3 Å². The van der Waals surface area contributed by atoms with Crippen molar-refractivity contribution in [2.24, 2.45) is 0 Å². The maximum absolute atomic E-state index is 12.7. The first-order valence-electron chi connectivity index (χ1n) is 8.21. The van der Waals surface area contributed by atoms with Crippen LogP contribution in [0.25, 0.3) is 21.1 Å². The summed E-state index contributed by atoms with van der Waals surface area (Å²) in [4.78, 5) is 12.5. The van der Waals surface area contributed by atoms with Gasteiger partial charge in [-0.15, -0.1) is 16.4 Å². The summed E-state index contributed by atoms with van der Waals surface area (Å²) in [6, 6.07) is 12.5. The van der Waals surface area contributed by atoms with Crippen molar-refractivity contribution in [3.05, 3.63) is 60.5 Å². The average Bonchev–Trinajstić information content (AvgIpc) is 3.40. The lowest BCUT2D eigenvalue weighted by Crippen LogP contribution is -2.04. The molecule has 0 saturated heterocycles. The van der Waals surface area contributed by atoms with Crippen LogP contribution in [0.15, 0.2) is 70.6 Å². The number of sulfone groups is 1. The number of nitrogens with zero attached hydrogens (tertiary/aromatic N) is 4. The molecule has 138 valence electrons. The Morgan fingerprint density at radius 1 is 0.964 bits per heavy atom. The maximum Gasteiger partial charge on any atom is 0.271 e. The van der Waals surface area contributed by atoms with Crippen molar-refractivity contribution in [1.82, 2.24) is 25.1 Å². The lowest BCUT2D eigenvalue weighted by atomic mass is 10.2. The molecule has 10 heteroatoms. The van der Waals surface area contributed by atoms with Gasteiger partial charge in [0.25, 0.3) is 5.16 Å². The van der Waals surface area contributed by atoms with Gasteiger partial charge in [-0.1, -0.05) is 0 Å². The van der Waals surface area contributed by atoms with Gasteiger partial charge in [0.2, 0.25) is 9.84 Å². The first-order valence-corrected chi connectivity index (χ1v) is 10.6. The van der Waals surface area contributed by atoms with Crippen molar-refractivity contribution >= 4 is 53.7 Å². The van der Waals surface area contributed by atoms with Crippen LogP contribution in [0, 0.1) is 0 Å². The molecule has 0 spiro atoms. The minimum absolute atomic E-state index is 0.102. The Bertz CT molecular complexity index is 1410. The second kappa shape index (κ2) is 6.36. The predicted octanol–water partition coefficient (Wildman–Crippen LogP) is 3.54. The lowest BCUT2D eigenvalue weighted by molar-refractivity contribution is 0.588. The minimum Gasteiger partial charge on any atom is -0.355 e. The van der Waals surface area contributed by atoms with E-state index in [4.69, 9.17) is 0 Å². The highest BCUT2D eigenvalue weighted by molar-refractivity contribution is 7.91. The molecule has 0 amide bonds. The third-order valence-corrected chi connectivity index (χ3v) is 6.63. The van der Waals surface area contributed by atoms with Crippen LogP contribution in [0.5, 0.6) is 0 Å². The number of H-pyrrole nitrogens is 1. The molecule has 3 heterocycles. The lowest BCUT2D eigenvalue weighted by Gasteiger charge is -2.10. The monoisotopic (exact) mass is 408 g/mol. The van der Waals surface area contributed by atoms with Crippen LogP contribution in [0.3, 0.4) is 0 Å². The normalized spacial score (nSPS) is 11.9. The summed E-state index contributed by atoms with van der Waals surface area (Å²) in [5, 5.41) is 9.87. The van der Waals surface area contributed by atoms with E-state index >= 15 is 0 Å². The molecule has 8 nitrogen and oxygen atoms in total. The van der Waals surface area contributed by atoms with Gasteiger partial charge < -0.3 is 5.32 Å². The van der Waals surface area contributed by atoms with Crippen LogP contribution in [-0.4, -0.2) is 33.6 Å². The topological polar surface area (TPSA) is 114 Å². The van der Waals surface area contributed by atoms with E-state index < -0.39 is 9.84 Å². The smallest absolute Gasteiger partial charge is 0.271 e. The number of aromatic nitrogens is 5. The molecule has 0 aliphatic heterocycles. The predicted molar refractivity (Wildman–Crippen MR) is 106 cm³/mol. The average molecular weight is 408 g/mol. The molecule has 5 rings (SSSR count). The summed E-state index contributed by atoms with van der Waals surface area (Å²) in [5.74, 6) is 0. The third-order valence-electron chi connectivity index (χ3n) is 4.27. The SMILES string of the molecule is O=S(=O)(c1ccc2nccc(Nc3ccc4scnc4c3)c2c1)c1nc[nH]n1. The number of anilines is 2. The van der Waals surface area contributed by atoms with Crippen molar-refractivity contribution < 1.29 is 8.42 Å². The van der Waals surface area contributed by atoms with Crippen molar-refractivity contribution in [3.8, 4) is 0 Å². The Balaban J connectivity index is 1.61. The van der Waals surface area contributed by atoms with Gasteiger partial charge in [-0.3, -0.25) is 10.1 Å². The molecule has 3 aromatic heterocycles. The number of rotatable bonds is 4. The second-order valence-corrected chi connectivity index (χ2v) is 8.71. The summed E-state index contributed by atoms with van der Waals surface area (Å²) in [7, 11) is -3.82. The van der Waals surface area contributed by atoms with Gasteiger partial charge in [0.15, 0.2) is 0 Å². The summed E-state index contributed by atoms with van der Waals surface area (Å²) in [5.41, 5.74) is 4.98. The van der Waals surface area contributed by atoms with Gasteiger partial charge in [0.05, 0.1) is 26.1 Å². The van der Waals surface area contributed by atoms with Crippen molar-refractivity contribution in [3.63, 3.8) is 0 Å². The van der Waals surface area contributed by atoms with Gasteiger partial charge in [-0.25, -0.2) is 18.4 Å². The standard InChI is InChI=1S/C18H12N6O2S2/c25-28(26,18-20-9-22-24-18)12-2-3-14-13(8-12)15(5-6-19-14)23-11-1-4-17-16(7-11)21-10-27-17/h1-10H,(H,19,23)(H,20,22,24). The molecule has 0 saturated carbocycles. The van der Waals surface area contributed by atoms with Gasteiger partial charge in [0.1, 0.15) is 6.33 Å². The summed E-state index contributed by atoms with van der Waals surface area (Å²) in [6.07, 6.45) is 2.91. The molecule has 0 aliphatic carbocycles. The van der Waals surface area contributed by atoms with E-state index in [-0.39, 0.29) is 10.1 Å². The van der Waals surface area contributed by atoms with Crippen LogP contribution in [0.1, 0.15) is 0 Å². The Morgan fingerprint density at radius 2 is 1.89 bits per heavy atom. The quantitative estimate of drug-likeness (QED) is 0.467.